The van der Waals surface area contributed by atoms with Crippen molar-refractivity contribution in [2.24, 2.45) is 0 Å². The van der Waals surface area contributed by atoms with Gasteiger partial charge in [-0.15, -0.1) is 0 Å². The first-order valence-corrected chi connectivity index (χ1v) is 5.21. The first-order valence-electron chi connectivity index (χ1n) is 5.21. The molecule has 0 radical (unpaired) electrons. The largest absolute Gasteiger partial charge is 0.382 e. The molecule has 3 nitrogen and oxygen atoms in total. The monoisotopic (exact) mass is 201 g/mol. The quantitative estimate of drug-likeness (QED) is 0.802. The summed E-state index contributed by atoms with van der Waals surface area (Å²) in [6.07, 6.45) is 2.04. The van der Waals surface area contributed by atoms with Crippen LogP contribution in [0.3, 0.4) is 0 Å². The first-order chi connectivity index (χ1) is 7.33. The van der Waals surface area contributed by atoms with E-state index in [1.54, 1.807) is 0 Å². The van der Waals surface area contributed by atoms with Gasteiger partial charge in [0.15, 0.2) is 0 Å². The van der Waals surface area contributed by atoms with Crippen LogP contribution >= 0.6 is 0 Å². The van der Waals surface area contributed by atoms with Crippen molar-refractivity contribution in [2.75, 3.05) is 5.73 Å². The number of H-pyrrole nitrogens is 1. The van der Waals surface area contributed by atoms with Crippen molar-refractivity contribution in [3.05, 3.63) is 35.9 Å². The summed E-state index contributed by atoms with van der Waals surface area (Å²) in [6, 6.07) is 10.2. The highest BCUT2D eigenvalue weighted by Gasteiger charge is 2.10. The molecule has 0 amide bonds. The van der Waals surface area contributed by atoms with Gasteiger partial charge in [0.2, 0.25) is 0 Å². The third-order valence-corrected chi connectivity index (χ3v) is 2.46. The molecule has 0 aliphatic rings. The lowest BCUT2D eigenvalue weighted by Gasteiger charge is -2.02. The van der Waals surface area contributed by atoms with E-state index < -0.39 is 0 Å². The van der Waals surface area contributed by atoms with Crippen LogP contribution in [-0.2, 0) is 6.42 Å². The number of nitrogen functional groups attached to an aromatic ring is 1. The van der Waals surface area contributed by atoms with Gasteiger partial charge in [0.05, 0.1) is 5.69 Å². The van der Waals surface area contributed by atoms with Gasteiger partial charge in [0, 0.05) is 5.56 Å². The molecular weight excluding hydrogens is 186 g/mol. The Hall–Kier alpha value is -1.77. The highest BCUT2D eigenvalue weighted by Crippen LogP contribution is 2.25. The molecule has 0 unspecified atom stereocenters. The smallest absolute Gasteiger partial charge is 0.149 e. The molecule has 0 saturated carbocycles. The number of nitrogens with zero attached hydrogens (tertiary/aromatic N) is 1. The molecular formula is C12H15N3. The average Bonchev–Trinajstić information content (AvgIpc) is 2.63. The Bertz CT molecular complexity index is 431. The number of anilines is 1. The summed E-state index contributed by atoms with van der Waals surface area (Å²) in [5.41, 5.74) is 9.15. The lowest BCUT2D eigenvalue weighted by Crippen LogP contribution is -1.92. The fourth-order valence-corrected chi connectivity index (χ4v) is 1.73. The normalized spacial score (nSPS) is 10.5. The summed E-state index contributed by atoms with van der Waals surface area (Å²) in [5, 5.41) is 7.06. The molecule has 0 spiro atoms. The molecule has 3 N–H and O–H groups in total. The number of hydrogen-bond donors (Lipinski definition) is 2. The molecule has 78 valence electrons. The van der Waals surface area contributed by atoms with Crippen LogP contribution in [0.15, 0.2) is 30.3 Å². The van der Waals surface area contributed by atoms with E-state index >= 15 is 0 Å². The van der Waals surface area contributed by atoms with Crippen LogP contribution in [0.25, 0.3) is 11.3 Å². The molecule has 0 aliphatic heterocycles. The summed E-state index contributed by atoms with van der Waals surface area (Å²) in [7, 11) is 0. The van der Waals surface area contributed by atoms with E-state index in [2.05, 4.69) is 29.3 Å². The molecule has 0 atom stereocenters. The van der Waals surface area contributed by atoms with Crippen molar-refractivity contribution in [1.29, 1.82) is 0 Å². The number of nitrogens with one attached hydrogen (secondary N) is 1. The predicted molar refractivity (Wildman–Crippen MR) is 62.4 cm³/mol. The van der Waals surface area contributed by atoms with Gasteiger partial charge in [-0.2, -0.15) is 5.10 Å². The van der Waals surface area contributed by atoms with Crippen LogP contribution in [0.4, 0.5) is 5.82 Å². The predicted octanol–water partition coefficient (Wildman–Crippen LogP) is 2.61. The maximum atomic E-state index is 5.82. The van der Waals surface area contributed by atoms with Gasteiger partial charge in [-0.3, -0.25) is 5.10 Å². The SMILES string of the molecule is CCCc1c(N)n[nH]c1-c1ccccc1. The molecule has 1 heterocycles. The highest BCUT2D eigenvalue weighted by atomic mass is 15.2. The zero-order valence-corrected chi connectivity index (χ0v) is 8.83. The van der Waals surface area contributed by atoms with E-state index in [0.717, 1.165) is 29.7 Å². The number of hydrogen-bond acceptors (Lipinski definition) is 2. The topological polar surface area (TPSA) is 54.7 Å². The van der Waals surface area contributed by atoms with Crippen molar-refractivity contribution in [2.45, 2.75) is 19.8 Å². The third-order valence-electron chi connectivity index (χ3n) is 2.46. The Kier molecular flexibility index (Phi) is 2.72. The average molecular weight is 201 g/mol. The molecule has 2 rings (SSSR count). The highest BCUT2D eigenvalue weighted by molar-refractivity contribution is 5.67. The summed E-state index contributed by atoms with van der Waals surface area (Å²) in [6.45, 7) is 2.14. The second-order valence-electron chi connectivity index (χ2n) is 3.58. The van der Waals surface area contributed by atoms with E-state index in [-0.39, 0.29) is 0 Å². The summed E-state index contributed by atoms with van der Waals surface area (Å²) < 4.78 is 0. The number of rotatable bonds is 3. The van der Waals surface area contributed by atoms with Crippen molar-refractivity contribution >= 4 is 5.82 Å². The van der Waals surface area contributed by atoms with Crippen molar-refractivity contribution in [1.82, 2.24) is 10.2 Å². The van der Waals surface area contributed by atoms with Crippen LogP contribution < -0.4 is 5.73 Å². The van der Waals surface area contributed by atoms with Gasteiger partial charge in [0.1, 0.15) is 5.82 Å². The molecule has 1 aromatic carbocycles. The minimum absolute atomic E-state index is 0.621. The van der Waals surface area contributed by atoms with Gasteiger partial charge in [-0.1, -0.05) is 43.7 Å². The van der Waals surface area contributed by atoms with E-state index in [0.29, 0.717) is 5.82 Å². The van der Waals surface area contributed by atoms with Gasteiger partial charge >= 0.3 is 0 Å². The fraction of sp³-hybridized carbons (Fsp3) is 0.250. The van der Waals surface area contributed by atoms with Gasteiger partial charge < -0.3 is 5.73 Å². The number of nitrogens with two attached hydrogens (primary N) is 1. The van der Waals surface area contributed by atoms with E-state index in [1.165, 1.54) is 0 Å². The zero-order chi connectivity index (χ0) is 10.7. The molecule has 0 fully saturated rings. The number of aromatic nitrogens is 2. The summed E-state index contributed by atoms with van der Waals surface area (Å²) in [5.74, 6) is 0.621. The summed E-state index contributed by atoms with van der Waals surface area (Å²) >= 11 is 0. The Morgan fingerprint density at radius 3 is 2.67 bits per heavy atom. The van der Waals surface area contributed by atoms with Gasteiger partial charge in [-0.05, 0) is 12.0 Å². The Labute approximate surface area is 89.3 Å². The minimum Gasteiger partial charge on any atom is -0.382 e. The van der Waals surface area contributed by atoms with Crippen LogP contribution in [0.5, 0.6) is 0 Å². The van der Waals surface area contributed by atoms with Crippen molar-refractivity contribution < 1.29 is 0 Å². The van der Waals surface area contributed by atoms with E-state index in [9.17, 15) is 0 Å². The minimum atomic E-state index is 0.621. The second-order valence-corrected chi connectivity index (χ2v) is 3.58. The fourth-order valence-electron chi connectivity index (χ4n) is 1.73. The molecule has 0 aliphatic carbocycles. The molecule has 3 heteroatoms. The maximum absolute atomic E-state index is 5.82. The van der Waals surface area contributed by atoms with E-state index in [1.807, 2.05) is 18.2 Å². The zero-order valence-electron chi connectivity index (χ0n) is 8.83. The van der Waals surface area contributed by atoms with Crippen molar-refractivity contribution in [3.63, 3.8) is 0 Å². The lowest BCUT2D eigenvalue weighted by molar-refractivity contribution is 0.927. The lowest BCUT2D eigenvalue weighted by atomic mass is 10.0. The van der Waals surface area contributed by atoms with Gasteiger partial charge in [0.25, 0.3) is 0 Å². The van der Waals surface area contributed by atoms with E-state index in [4.69, 9.17) is 5.73 Å². The Balaban J connectivity index is 2.44. The summed E-state index contributed by atoms with van der Waals surface area (Å²) in [4.78, 5) is 0. The molecule has 1 aromatic heterocycles. The van der Waals surface area contributed by atoms with Crippen LogP contribution in [0, 0.1) is 0 Å². The molecule has 15 heavy (non-hydrogen) atoms. The molecule has 0 saturated heterocycles. The second kappa shape index (κ2) is 4.17. The number of aromatic amines is 1. The molecule has 0 bridgehead atoms. The first kappa shape index (κ1) is 9.77. The Morgan fingerprint density at radius 1 is 1.27 bits per heavy atom. The maximum Gasteiger partial charge on any atom is 0.149 e. The third kappa shape index (κ3) is 1.86. The Morgan fingerprint density at radius 2 is 2.00 bits per heavy atom. The van der Waals surface area contributed by atoms with Crippen LogP contribution in [0.1, 0.15) is 18.9 Å². The van der Waals surface area contributed by atoms with Crippen LogP contribution in [-0.4, -0.2) is 10.2 Å². The standard InChI is InChI=1S/C12H15N3/c1-2-6-10-11(14-15-12(10)13)9-7-4-3-5-8-9/h3-5,7-8H,2,6H2,1H3,(H3,13,14,15). The molecule has 2 aromatic rings. The number of benzene rings is 1. The van der Waals surface area contributed by atoms with Crippen LogP contribution in [0.2, 0.25) is 0 Å². The van der Waals surface area contributed by atoms with Crippen molar-refractivity contribution in [3.8, 4) is 11.3 Å². The van der Waals surface area contributed by atoms with Gasteiger partial charge in [-0.25, -0.2) is 0 Å².